The van der Waals surface area contributed by atoms with Gasteiger partial charge in [-0.2, -0.15) is 0 Å². The standard InChI is InChI=1S/C21H25N3O4/c1-14-8-9-17(12-15(14)2)23-20(26)18(10-11-19(22)25)24-21(27)28-13-16-6-4-3-5-7-16/h3-9,12,18H,10-11,13H2,1-2H3,(H2,22,25)(H,23,26)(H,24,27)/t18-/m0/s1. The van der Waals surface area contributed by atoms with Crippen molar-refractivity contribution in [3.05, 3.63) is 65.2 Å². The summed E-state index contributed by atoms with van der Waals surface area (Å²) in [6.45, 7) is 3.99. The van der Waals surface area contributed by atoms with Crippen LogP contribution in [0.2, 0.25) is 0 Å². The molecule has 2 rings (SSSR count). The Morgan fingerprint density at radius 2 is 1.75 bits per heavy atom. The lowest BCUT2D eigenvalue weighted by atomic mass is 10.1. The second-order valence-corrected chi connectivity index (χ2v) is 6.55. The Hall–Kier alpha value is -3.35. The molecule has 0 aliphatic carbocycles. The molecule has 0 bridgehead atoms. The van der Waals surface area contributed by atoms with E-state index in [1.54, 1.807) is 6.07 Å². The van der Waals surface area contributed by atoms with Crippen LogP contribution in [-0.4, -0.2) is 23.9 Å². The van der Waals surface area contributed by atoms with Gasteiger partial charge in [-0.1, -0.05) is 36.4 Å². The van der Waals surface area contributed by atoms with E-state index in [9.17, 15) is 14.4 Å². The number of amides is 3. The summed E-state index contributed by atoms with van der Waals surface area (Å²) >= 11 is 0. The van der Waals surface area contributed by atoms with Crippen LogP contribution in [0.15, 0.2) is 48.5 Å². The van der Waals surface area contributed by atoms with Crippen LogP contribution in [-0.2, 0) is 20.9 Å². The lowest BCUT2D eigenvalue weighted by Crippen LogP contribution is -2.44. The maximum Gasteiger partial charge on any atom is 0.408 e. The van der Waals surface area contributed by atoms with E-state index in [0.29, 0.717) is 5.69 Å². The minimum atomic E-state index is -0.947. The molecular weight excluding hydrogens is 358 g/mol. The molecule has 0 fully saturated rings. The molecule has 0 saturated heterocycles. The summed E-state index contributed by atoms with van der Waals surface area (Å²) < 4.78 is 5.15. The zero-order valence-electron chi connectivity index (χ0n) is 16.0. The van der Waals surface area contributed by atoms with Crippen LogP contribution >= 0.6 is 0 Å². The lowest BCUT2D eigenvalue weighted by Gasteiger charge is -2.18. The molecule has 0 saturated carbocycles. The molecule has 4 N–H and O–H groups in total. The van der Waals surface area contributed by atoms with E-state index in [4.69, 9.17) is 10.5 Å². The van der Waals surface area contributed by atoms with Gasteiger partial charge in [0.15, 0.2) is 0 Å². The first kappa shape index (κ1) is 21.0. The summed E-state index contributed by atoms with van der Waals surface area (Å²) in [7, 11) is 0. The number of anilines is 1. The van der Waals surface area contributed by atoms with Gasteiger partial charge in [0.25, 0.3) is 0 Å². The number of alkyl carbamates (subject to hydrolysis) is 1. The summed E-state index contributed by atoms with van der Waals surface area (Å²) in [4.78, 5) is 35.8. The number of ether oxygens (including phenoxy) is 1. The summed E-state index contributed by atoms with van der Waals surface area (Å²) in [5.41, 5.74) is 8.75. The first-order valence-corrected chi connectivity index (χ1v) is 8.99. The Morgan fingerprint density at radius 1 is 1.04 bits per heavy atom. The molecule has 7 nitrogen and oxygen atoms in total. The largest absolute Gasteiger partial charge is 0.445 e. The fourth-order valence-electron chi connectivity index (χ4n) is 2.51. The van der Waals surface area contributed by atoms with Gasteiger partial charge < -0.3 is 21.1 Å². The maximum atomic E-state index is 12.6. The first-order chi connectivity index (χ1) is 13.3. The number of aryl methyl sites for hydroxylation is 2. The summed E-state index contributed by atoms with van der Waals surface area (Å²) in [6.07, 6.45) is -0.704. The number of hydrogen-bond donors (Lipinski definition) is 3. The van der Waals surface area contributed by atoms with Crippen molar-refractivity contribution in [1.82, 2.24) is 5.32 Å². The van der Waals surface area contributed by atoms with Crippen molar-refractivity contribution < 1.29 is 19.1 Å². The number of rotatable bonds is 8. The molecule has 0 spiro atoms. The molecule has 148 valence electrons. The van der Waals surface area contributed by atoms with Crippen molar-refractivity contribution in [3.8, 4) is 0 Å². The summed E-state index contributed by atoms with van der Waals surface area (Å²) in [5, 5.41) is 5.26. The average molecular weight is 383 g/mol. The first-order valence-electron chi connectivity index (χ1n) is 8.99. The van der Waals surface area contributed by atoms with Gasteiger partial charge >= 0.3 is 6.09 Å². The van der Waals surface area contributed by atoms with Gasteiger partial charge in [-0.05, 0) is 49.1 Å². The second-order valence-electron chi connectivity index (χ2n) is 6.55. The molecule has 2 aromatic rings. The Bertz CT molecular complexity index is 837. The Kier molecular flexibility index (Phi) is 7.56. The minimum absolute atomic E-state index is 0.0377. The Balaban J connectivity index is 1.98. The van der Waals surface area contributed by atoms with Gasteiger partial charge in [0, 0.05) is 12.1 Å². The van der Waals surface area contributed by atoms with E-state index >= 15 is 0 Å². The van der Waals surface area contributed by atoms with Crippen LogP contribution in [0.1, 0.15) is 29.5 Å². The summed E-state index contributed by atoms with van der Waals surface area (Å²) in [6, 6.07) is 13.7. The number of hydrogen-bond acceptors (Lipinski definition) is 4. The van der Waals surface area contributed by atoms with Crippen molar-refractivity contribution in [1.29, 1.82) is 0 Å². The number of benzene rings is 2. The van der Waals surface area contributed by atoms with Crippen LogP contribution in [0.25, 0.3) is 0 Å². The van der Waals surface area contributed by atoms with E-state index < -0.39 is 23.9 Å². The highest BCUT2D eigenvalue weighted by Gasteiger charge is 2.22. The lowest BCUT2D eigenvalue weighted by molar-refractivity contribution is -0.119. The monoisotopic (exact) mass is 383 g/mol. The van der Waals surface area contributed by atoms with Gasteiger partial charge in [-0.25, -0.2) is 4.79 Å². The molecule has 1 atom stereocenters. The Morgan fingerprint density at radius 3 is 2.39 bits per heavy atom. The van der Waals surface area contributed by atoms with Crippen LogP contribution in [0.4, 0.5) is 10.5 Å². The molecule has 0 heterocycles. The highest BCUT2D eigenvalue weighted by Crippen LogP contribution is 2.15. The predicted molar refractivity (Wildman–Crippen MR) is 107 cm³/mol. The van der Waals surface area contributed by atoms with E-state index in [-0.39, 0.29) is 19.4 Å². The van der Waals surface area contributed by atoms with Crippen molar-refractivity contribution in [3.63, 3.8) is 0 Å². The highest BCUT2D eigenvalue weighted by atomic mass is 16.5. The highest BCUT2D eigenvalue weighted by molar-refractivity contribution is 5.97. The fraction of sp³-hybridized carbons (Fsp3) is 0.286. The van der Waals surface area contributed by atoms with Crippen molar-refractivity contribution in [2.45, 2.75) is 39.3 Å². The van der Waals surface area contributed by atoms with Crippen molar-refractivity contribution >= 4 is 23.6 Å². The fourth-order valence-corrected chi connectivity index (χ4v) is 2.51. The van der Waals surface area contributed by atoms with Crippen LogP contribution in [0.3, 0.4) is 0 Å². The Labute approximate surface area is 164 Å². The van der Waals surface area contributed by atoms with Crippen molar-refractivity contribution in [2.24, 2.45) is 5.73 Å². The third-order valence-corrected chi connectivity index (χ3v) is 4.28. The smallest absolute Gasteiger partial charge is 0.408 e. The van der Waals surface area contributed by atoms with Gasteiger partial charge in [0.1, 0.15) is 12.6 Å². The predicted octanol–water partition coefficient (Wildman–Crippen LogP) is 2.80. The van der Waals surface area contributed by atoms with Crippen molar-refractivity contribution in [2.75, 3.05) is 5.32 Å². The number of primary amides is 1. The summed E-state index contributed by atoms with van der Waals surface area (Å²) in [5.74, 6) is -0.996. The molecule has 0 radical (unpaired) electrons. The third-order valence-electron chi connectivity index (χ3n) is 4.28. The van der Waals surface area contributed by atoms with Gasteiger partial charge in [0.2, 0.25) is 11.8 Å². The molecule has 0 aliphatic rings. The van der Waals surface area contributed by atoms with Crippen LogP contribution in [0.5, 0.6) is 0 Å². The second kappa shape index (κ2) is 10.1. The molecule has 7 heteroatoms. The van der Waals surface area contributed by atoms with E-state index in [2.05, 4.69) is 10.6 Å². The zero-order chi connectivity index (χ0) is 20.5. The van der Waals surface area contributed by atoms with E-state index in [1.807, 2.05) is 56.3 Å². The maximum absolute atomic E-state index is 12.6. The molecule has 2 aromatic carbocycles. The van der Waals surface area contributed by atoms with E-state index in [1.165, 1.54) is 0 Å². The number of nitrogens with one attached hydrogen (secondary N) is 2. The molecular formula is C21H25N3O4. The molecule has 0 aliphatic heterocycles. The zero-order valence-corrected chi connectivity index (χ0v) is 16.0. The normalized spacial score (nSPS) is 11.4. The topological polar surface area (TPSA) is 111 Å². The van der Waals surface area contributed by atoms with Crippen LogP contribution < -0.4 is 16.4 Å². The van der Waals surface area contributed by atoms with E-state index in [0.717, 1.165) is 16.7 Å². The number of nitrogens with two attached hydrogens (primary N) is 1. The van der Waals surface area contributed by atoms with Gasteiger partial charge in [0.05, 0.1) is 0 Å². The van der Waals surface area contributed by atoms with Crippen LogP contribution in [0, 0.1) is 13.8 Å². The third kappa shape index (κ3) is 6.75. The minimum Gasteiger partial charge on any atom is -0.445 e. The SMILES string of the molecule is Cc1ccc(NC(=O)[C@H](CCC(N)=O)NC(=O)OCc2ccccc2)cc1C. The molecule has 28 heavy (non-hydrogen) atoms. The number of carbonyl (C=O) groups excluding carboxylic acids is 3. The molecule has 0 aromatic heterocycles. The quantitative estimate of drug-likeness (QED) is 0.651. The molecule has 3 amide bonds. The van der Waals surface area contributed by atoms with Gasteiger partial charge in [-0.15, -0.1) is 0 Å². The van der Waals surface area contributed by atoms with Gasteiger partial charge in [-0.3, -0.25) is 9.59 Å². The average Bonchev–Trinajstić information content (AvgIpc) is 2.67. The molecule has 0 unspecified atom stereocenters. The number of carbonyl (C=O) groups is 3.